The molecule has 0 aliphatic carbocycles. The molecule has 0 radical (unpaired) electrons. The lowest BCUT2D eigenvalue weighted by atomic mass is 10.3. The lowest BCUT2D eigenvalue weighted by Gasteiger charge is -2.02. The summed E-state index contributed by atoms with van der Waals surface area (Å²) in [5.41, 5.74) is 1.38. The summed E-state index contributed by atoms with van der Waals surface area (Å²) in [5.74, 6) is 0. The van der Waals surface area contributed by atoms with Gasteiger partial charge in [-0.15, -0.1) is 0 Å². The molecule has 70 valence electrons. The van der Waals surface area contributed by atoms with E-state index in [0.29, 0.717) is 27.1 Å². The van der Waals surface area contributed by atoms with Gasteiger partial charge in [0.25, 0.3) is 0 Å². The van der Waals surface area contributed by atoms with E-state index in [2.05, 4.69) is 10.1 Å². The van der Waals surface area contributed by atoms with Gasteiger partial charge in [0.1, 0.15) is 21.9 Å². The molecule has 2 heterocycles. The van der Waals surface area contributed by atoms with Gasteiger partial charge in [0.15, 0.2) is 5.65 Å². The molecule has 0 N–H and O–H groups in total. The van der Waals surface area contributed by atoms with Crippen LogP contribution >= 0.6 is 23.2 Å². The minimum Gasteiger partial charge on any atom is -0.215 e. The quantitative estimate of drug-likeness (QED) is 0.648. The van der Waals surface area contributed by atoms with Crippen molar-refractivity contribution in [1.82, 2.24) is 14.6 Å². The topological polar surface area (TPSA) is 54.0 Å². The second-order valence-electron chi connectivity index (χ2n) is 2.72. The van der Waals surface area contributed by atoms with Gasteiger partial charge >= 0.3 is 0 Å². The zero-order valence-corrected chi connectivity index (χ0v) is 8.63. The number of hydrogen-bond acceptors (Lipinski definition) is 3. The molecular formula is C8H4Cl2N4. The SMILES string of the molecule is Cc1c(Cl)nc2c(C#N)cnn2c1Cl. The average molecular weight is 227 g/mol. The van der Waals surface area contributed by atoms with Crippen LogP contribution in [0.25, 0.3) is 5.65 Å². The average Bonchev–Trinajstić information content (AvgIpc) is 2.57. The molecule has 0 fully saturated rings. The molecule has 0 aliphatic heterocycles. The maximum absolute atomic E-state index is 8.75. The molecule has 0 aliphatic rings. The molecule has 0 aromatic carbocycles. The summed E-state index contributed by atoms with van der Waals surface area (Å²) in [6.07, 6.45) is 1.41. The highest BCUT2D eigenvalue weighted by Crippen LogP contribution is 2.23. The highest BCUT2D eigenvalue weighted by atomic mass is 35.5. The summed E-state index contributed by atoms with van der Waals surface area (Å²) in [5, 5.41) is 13.3. The Morgan fingerprint density at radius 2 is 2.21 bits per heavy atom. The largest absolute Gasteiger partial charge is 0.215 e. The van der Waals surface area contributed by atoms with E-state index in [0.717, 1.165) is 0 Å². The molecule has 0 unspecified atom stereocenters. The third-order valence-corrected chi connectivity index (χ3v) is 2.68. The van der Waals surface area contributed by atoms with Crippen molar-refractivity contribution in [3.05, 3.63) is 27.6 Å². The maximum atomic E-state index is 8.75. The maximum Gasteiger partial charge on any atom is 0.176 e. The van der Waals surface area contributed by atoms with Crippen LogP contribution in [-0.2, 0) is 0 Å². The van der Waals surface area contributed by atoms with E-state index in [4.69, 9.17) is 28.5 Å². The number of hydrogen-bond donors (Lipinski definition) is 0. The Morgan fingerprint density at radius 3 is 2.86 bits per heavy atom. The summed E-state index contributed by atoms with van der Waals surface area (Å²) in [4.78, 5) is 4.03. The van der Waals surface area contributed by atoms with Crippen molar-refractivity contribution in [2.45, 2.75) is 6.92 Å². The van der Waals surface area contributed by atoms with Crippen LogP contribution in [-0.4, -0.2) is 14.6 Å². The van der Waals surface area contributed by atoms with Gasteiger partial charge in [-0.3, -0.25) is 0 Å². The number of aromatic nitrogens is 3. The van der Waals surface area contributed by atoms with Crippen LogP contribution in [0, 0.1) is 18.3 Å². The highest BCUT2D eigenvalue weighted by molar-refractivity contribution is 6.34. The molecule has 0 amide bonds. The molecule has 0 saturated carbocycles. The Bertz CT molecular complexity index is 552. The van der Waals surface area contributed by atoms with Gasteiger partial charge in [0.2, 0.25) is 0 Å². The number of nitrogens with zero attached hydrogens (tertiary/aromatic N) is 4. The van der Waals surface area contributed by atoms with Crippen molar-refractivity contribution in [3.8, 4) is 6.07 Å². The molecule has 4 nitrogen and oxygen atoms in total. The zero-order chi connectivity index (χ0) is 10.3. The Balaban J connectivity index is 2.95. The molecule has 0 atom stereocenters. The number of rotatable bonds is 0. The van der Waals surface area contributed by atoms with Gasteiger partial charge in [0.05, 0.1) is 6.20 Å². The van der Waals surface area contributed by atoms with E-state index in [1.54, 1.807) is 6.92 Å². The van der Waals surface area contributed by atoms with Crippen LogP contribution in [0.4, 0.5) is 0 Å². The molecule has 0 saturated heterocycles. The first-order chi connectivity index (χ1) is 6.65. The van der Waals surface area contributed by atoms with E-state index in [9.17, 15) is 0 Å². The lowest BCUT2D eigenvalue weighted by Crippen LogP contribution is -1.96. The van der Waals surface area contributed by atoms with Crippen molar-refractivity contribution in [2.24, 2.45) is 0 Å². The van der Waals surface area contributed by atoms with Crippen molar-refractivity contribution in [1.29, 1.82) is 5.26 Å². The molecule has 14 heavy (non-hydrogen) atoms. The van der Waals surface area contributed by atoms with Crippen LogP contribution in [0.2, 0.25) is 10.3 Å². The number of halogens is 2. The first-order valence-electron chi connectivity index (χ1n) is 3.74. The second kappa shape index (κ2) is 3.12. The first-order valence-corrected chi connectivity index (χ1v) is 4.50. The normalized spacial score (nSPS) is 10.4. The first kappa shape index (κ1) is 9.25. The summed E-state index contributed by atoms with van der Waals surface area (Å²) in [6.45, 7) is 1.74. The third-order valence-electron chi connectivity index (χ3n) is 1.87. The number of nitriles is 1. The van der Waals surface area contributed by atoms with E-state index < -0.39 is 0 Å². The highest BCUT2D eigenvalue weighted by Gasteiger charge is 2.12. The van der Waals surface area contributed by atoms with Crippen LogP contribution in [0.15, 0.2) is 6.20 Å². The Labute approximate surface area is 89.7 Å². The van der Waals surface area contributed by atoms with E-state index in [1.807, 2.05) is 6.07 Å². The van der Waals surface area contributed by atoms with Gasteiger partial charge in [-0.2, -0.15) is 10.4 Å². The van der Waals surface area contributed by atoms with Gasteiger partial charge in [-0.1, -0.05) is 23.2 Å². The molecule has 2 rings (SSSR count). The van der Waals surface area contributed by atoms with Gasteiger partial charge in [-0.25, -0.2) is 9.50 Å². The summed E-state index contributed by atoms with van der Waals surface area (Å²) in [7, 11) is 0. The van der Waals surface area contributed by atoms with Crippen LogP contribution < -0.4 is 0 Å². The van der Waals surface area contributed by atoms with E-state index >= 15 is 0 Å². The van der Waals surface area contributed by atoms with Crippen molar-refractivity contribution in [2.75, 3.05) is 0 Å². The summed E-state index contributed by atoms with van der Waals surface area (Å²) in [6, 6.07) is 1.96. The molecule has 2 aromatic rings. The fourth-order valence-corrected chi connectivity index (χ4v) is 1.52. The summed E-state index contributed by atoms with van der Waals surface area (Å²) >= 11 is 11.8. The molecule has 0 spiro atoms. The fourth-order valence-electron chi connectivity index (χ4n) is 1.09. The predicted molar refractivity (Wildman–Crippen MR) is 52.5 cm³/mol. The minimum absolute atomic E-state index is 0.291. The van der Waals surface area contributed by atoms with Gasteiger partial charge in [-0.05, 0) is 6.92 Å². The van der Waals surface area contributed by atoms with E-state index in [-0.39, 0.29) is 0 Å². The van der Waals surface area contributed by atoms with Crippen molar-refractivity contribution >= 4 is 28.8 Å². The third kappa shape index (κ3) is 1.14. The van der Waals surface area contributed by atoms with Crippen molar-refractivity contribution in [3.63, 3.8) is 0 Å². The van der Waals surface area contributed by atoms with Crippen LogP contribution in [0.1, 0.15) is 11.1 Å². The van der Waals surface area contributed by atoms with Gasteiger partial charge in [0, 0.05) is 5.56 Å². The smallest absolute Gasteiger partial charge is 0.176 e. The monoisotopic (exact) mass is 226 g/mol. The minimum atomic E-state index is 0.291. The molecule has 2 aromatic heterocycles. The number of fused-ring (bicyclic) bond motifs is 1. The Morgan fingerprint density at radius 1 is 1.50 bits per heavy atom. The molecular weight excluding hydrogens is 223 g/mol. The second-order valence-corrected chi connectivity index (χ2v) is 3.44. The molecule has 6 heteroatoms. The predicted octanol–water partition coefficient (Wildman–Crippen LogP) is 2.22. The zero-order valence-electron chi connectivity index (χ0n) is 7.12. The van der Waals surface area contributed by atoms with Gasteiger partial charge < -0.3 is 0 Å². The van der Waals surface area contributed by atoms with Crippen molar-refractivity contribution < 1.29 is 0 Å². The van der Waals surface area contributed by atoms with E-state index in [1.165, 1.54) is 10.7 Å². The molecule has 0 bridgehead atoms. The Kier molecular flexibility index (Phi) is 2.06. The Hall–Kier alpha value is -1.31. The lowest BCUT2D eigenvalue weighted by molar-refractivity contribution is 0.929. The standard InChI is InChI=1S/C8H4Cl2N4/c1-4-6(9)13-8-5(2-11)3-12-14(8)7(4)10/h3H,1H3. The summed E-state index contributed by atoms with van der Waals surface area (Å²) < 4.78 is 1.39. The van der Waals surface area contributed by atoms with Crippen LogP contribution in [0.5, 0.6) is 0 Å². The van der Waals surface area contributed by atoms with Crippen LogP contribution in [0.3, 0.4) is 0 Å². The fraction of sp³-hybridized carbons (Fsp3) is 0.125.